The topological polar surface area (TPSA) is 79.0 Å². The van der Waals surface area contributed by atoms with E-state index in [1.807, 2.05) is 0 Å². The van der Waals surface area contributed by atoms with Crippen molar-refractivity contribution in [3.05, 3.63) is 29.6 Å². The number of piperidine rings is 1. The van der Waals surface area contributed by atoms with Crippen LogP contribution in [0.4, 0.5) is 10.2 Å². The minimum absolute atomic E-state index is 0.0506. The van der Waals surface area contributed by atoms with Gasteiger partial charge in [0.1, 0.15) is 5.56 Å². The van der Waals surface area contributed by atoms with Crippen LogP contribution in [0.2, 0.25) is 0 Å². The summed E-state index contributed by atoms with van der Waals surface area (Å²) >= 11 is 0. The normalized spacial score (nSPS) is 19.9. The lowest BCUT2D eigenvalue weighted by molar-refractivity contribution is -0.0107. The second-order valence-corrected chi connectivity index (χ2v) is 7.28. The maximum absolute atomic E-state index is 13.8. The maximum Gasteiger partial charge on any atom is 0.261 e. The summed E-state index contributed by atoms with van der Waals surface area (Å²) in [7, 11) is 4.89. The van der Waals surface area contributed by atoms with Crippen molar-refractivity contribution in [1.82, 2.24) is 10.1 Å². The lowest BCUT2D eigenvalue weighted by atomic mass is 9.94. The number of methoxy groups -OCH3 is 1. The molecule has 0 radical (unpaired) electrons. The van der Waals surface area contributed by atoms with Gasteiger partial charge in [0, 0.05) is 32.7 Å². The molecule has 0 bridgehead atoms. The summed E-state index contributed by atoms with van der Waals surface area (Å²) in [5.41, 5.74) is -0.157. The van der Waals surface area contributed by atoms with Crippen LogP contribution in [0.15, 0.2) is 22.7 Å². The molecule has 0 spiro atoms. The predicted octanol–water partition coefficient (Wildman–Crippen LogP) is 2.54. The van der Waals surface area contributed by atoms with E-state index in [4.69, 9.17) is 9.26 Å². The number of anilines is 1. The molecule has 1 aliphatic heterocycles. The standard InChI is InChI=1S/C19H24FN3O4/c1-19(25)8-5-9-23(11-19)18(24)15-16(27-21-17(15)22(2)3)12-6-7-13(20)14(10-12)26-4/h6-7,10,25H,5,8-9,11H2,1-4H3. The number of hydrogen-bond donors (Lipinski definition) is 1. The van der Waals surface area contributed by atoms with Crippen LogP contribution in [-0.4, -0.2) is 61.0 Å². The lowest BCUT2D eigenvalue weighted by Gasteiger charge is -2.36. The van der Waals surface area contributed by atoms with Crippen LogP contribution in [0.25, 0.3) is 11.3 Å². The third-order valence-corrected chi connectivity index (χ3v) is 4.69. The highest BCUT2D eigenvalue weighted by atomic mass is 19.1. The van der Waals surface area contributed by atoms with Crippen molar-refractivity contribution in [3.63, 3.8) is 0 Å². The Morgan fingerprint density at radius 1 is 1.44 bits per heavy atom. The highest BCUT2D eigenvalue weighted by molar-refractivity contribution is 6.04. The van der Waals surface area contributed by atoms with E-state index in [9.17, 15) is 14.3 Å². The van der Waals surface area contributed by atoms with Gasteiger partial charge < -0.3 is 24.2 Å². The molecule has 1 unspecified atom stereocenters. The van der Waals surface area contributed by atoms with E-state index in [2.05, 4.69) is 5.16 Å². The van der Waals surface area contributed by atoms with Gasteiger partial charge in [0.25, 0.3) is 5.91 Å². The fourth-order valence-electron chi connectivity index (χ4n) is 3.33. The second-order valence-electron chi connectivity index (χ2n) is 7.28. The SMILES string of the molecule is COc1cc(-c2onc(N(C)C)c2C(=O)N2CCCC(C)(O)C2)ccc1F. The highest BCUT2D eigenvalue weighted by Crippen LogP contribution is 2.35. The van der Waals surface area contributed by atoms with Crippen LogP contribution < -0.4 is 9.64 Å². The molecule has 1 saturated heterocycles. The number of carbonyl (C=O) groups is 1. The number of benzene rings is 1. The van der Waals surface area contributed by atoms with Crippen molar-refractivity contribution in [2.24, 2.45) is 0 Å². The van der Waals surface area contributed by atoms with Crippen molar-refractivity contribution < 1.29 is 23.6 Å². The minimum atomic E-state index is -0.928. The number of likely N-dealkylation sites (tertiary alicyclic amines) is 1. The molecule has 7 nitrogen and oxygen atoms in total. The molecule has 8 heteroatoms. The Morgan fingerprint density at radius 3 is 2.81 bits per heavy atom. The molecule has 1 aromatic heterocycles. The van der Waals surface area contributed by atoms with Gasteiger partial charge in [0.15, 0.2) is 23.1 Å². The van der Waals surface area contributed by atoms with Gasteiger partial charge in [-0.25, -0.2) is 4.39 Å². The maximum atomic E-state index is 13.8. The Bertz CT molecular complexity index is 847. The van der Waals surface area contributed by atoms with E-state index in [0.717, 1.165) is 0 Å². The number of rotatable bonds is 4. The largest absolute Gasteiger partial charge is 0.494 e. The summed E-state index contributed by atoms with van der Waals surface area (Å²) in [5.74, 6) is -0.114. The first kappa shape index (κ1) is 19.2. The zero-order valence-electron chi connectivity index (χ0n) is 16.0. The third kappa shape index (κ3) is 3.75. The zero-order chi connectivity index (χ0) is 19.8. The van der Waals surface area contributed by atoms with Crippen LogP contribution in [0.5, 0.6) is 5.75 Å². The van der Waals surface area contributed by atoms with E-state index in [1.54, 1.807) is 30.8 Å². The molecule has 1 fully saturated rings. The average molecular weight is 377 g/mol. The molecule has 3 rings (SSSR count). The van der Waals surface area contributed by atoms with Gasteiger partial charge in [-0.2, -0.15) is 0 Å². The molecule has 0 saturated carbocycles. The van der Waals surface area contributed by atoms with Gasteiger partial charge in [0.2, 0.25) is 0 Å². The van der Waals surface area contributed by atoms with Crippen molar-refractivity contribution >= 4 is 11.7 Å². The number of aromatic nitrogens is 1. The zero-order valence-corrected chi connectivity index (χ0v) is 16.0. The number of hydrogen-bond acceptors (Lipinski definition) is 6. The summed E-state index contributed by atoms with van der Waals surface area (Å²) in [6.07, 6.45) is 1.35. The minimum Gasteiger partial charge on any atom is -0.494 e. The van der Waals surface area contributed by atoms with Gasteiger partial charge in [0.05, 0.1) is 12.7 Å². The summed E-state index contributed by atoms with van der Waals surface area (Å²) < 4.78 is 24.3. The number of aliphatic hydroxyl groups is 1. The predicted molar refractivity (Wildman–Crippen MR) is 98.5 cm³/mol. The highest BCUT2D eigenvalue weighted by Gasteiger charge is 2.35. The second kappa shape index (κ2) is 7.19. The smallest absolute Gasteiger partial charge is 0.261 e. The monoisotopic (exact) mass is 377 g/mol. The van der Waals surface area contributed by atoms with Gasteiger partial charge in [-0.15, -0.1) is 0 Å². The first-order valence-electron chi connectivity index (χ1n) is 8.76. The van der Waals surface area contributed by atoms with Crippen LogP contribution in [-0.2, 0) is 0 Å². The molecule has 146 valence electrons. The Morgan fingerprint density at radius 2 is 2.19 bits per heavy atom. The van der Waals surface area contributed by atoms with Crippen molar-refractivity contribution in [3.8, 4) is 17.1 Å². The van der Waals surface area contributed by atoms with E-state index in [0.29, 0.717) is 30.8 Å². The molecular weight excluding hydrogens is 353 g/mol. The van der Waals surface area contributed by atoms with Crippen molar-refractivity contribution in [2.45, 2.75) is 25.4 Å². The van der Waals surface area contributed by atoms with Crippen LogP contribution >= 0.6 is 0 Å². The Kier molecular flexibility index (Phi) is 5.10. The molecule has 2 heterocycles. The Balaban J connectivity index is 2.06. The molecule has 0 aliphatic carbocycles. The molecule has 2 aromatic rings. The lowest BCUT2D eigenvalue weighted by Crippen LogP contribution is -2.48. The number of carbonyl (C=O) groups excluding carboxylic acids is 1. The van der Waals surface area contributed by atoms with Crippen molar-refractivity contribution in [1.29, 1.82) is 0 Å². The van der Waals surface area contributed by atoms with Gasteiger partial charge >= 0.3 is 0 Å². The van der Waals surface area contributed by atoms with Crippen LogP contribution in [0.3, 0.4) is 0 Å². The number of amides is 1. The molecule has 1 amide bonds. The van der Waals surface area contributed by atoms with Gasteiger partial charge in [-0.05, 0) is 38.0 Å². The summed E-state index contributed by atoms with van der Waals surface area (Å²) in [6, 6.07) is 4.24. The number of nitrogens with zero attached hydrogens (tertiary/aromatic N) is 3. The number of ether oxygens (including phenoxy) is 1. The molecule has 27 heavy (non-hydrogen) atoms. The van der Waals surface area contributed by atoms with E-state index >= 15 is 0 Å². The summed E-state index contributed by atoms with van der Waals surface area (Å²) in [6.45, 7) is 2.49. The fraction of sp³-hybridized carbons (Fsp3) is 0.474. The quantitative estimate of drug-likeness (QED) is 0.882. The van der Waals surface area contributed by atoms with Gasteiger partial charge in [-0.1, -0.05) is 5.16 Å². The first-order valence-corrected chi connectivity index (χ1v) is 8.76. The summed E-state index contributed by atoms with van der Waals surface area (Å²) in [4.78, 5) is 16.6. The third-order valence-electron chi connectivity index (χ3n) is 4.69. The number of β-amino-alcohol motifs (C(OH)–C–C–N with tert-alkyl or cyclic N) is 1. The Labute approximate surface area is 157 Å². The van der Waals surface area contributed by atoms with E-state index in [1.165, 1.54) is 25.3 Å². The fourth-order valence-corrected chi connectivity index (χ4v) is 3.33. The van der Waals surface area contributed by atoms with Crippen LogP contribution in [0, 0.1) is 5.82 Å². The molecule has 1 atom stereocenters. The van der Waals surface area contributed by atoms with E-state index < -0.39 is 11.4 Å². The van der Waals surface area contributed by atoms with Gasteiger partial charge in [-0.3, -0.25) is 4.79 Å². The van der Waals surface area contributed by atoms with Crippen LogP contribution in [0.1, 0.15) is 30.1 Å². The van der Waals surface area contributed by atoms with E-state index in [-0.39, 0.29) is 29.5 Å². The summed E-state index contributed by atoms with van der Waals surface area (Å²) in [5, 5.41) is 14.4. The Hall–Kier alpha value is -2.61. The average Bonchev–Trinajstić information content (AvgIpc) is 3.06. The number of halogens is 1. The first-order chi connectivity index (χ1) is 12.7. The molecule has 1 N–H and O–H groups in total. The van der Waals surface area contributed by atoms with Crippen molar-refractivity contribution in [2.75, 3.05) is 39.2 Å². The molecular formula is C19H24FN3O4. The molecule has 1 aromatic carbocycles. The molecule has 1 aliphatic rings.